The van der Waals surface area contributed by atoms with Crippen LogP contribution >= 0.6 is 11.8 Å². The summed E-state index contributed by atoms with van der Waals surface area (Å²) < 4.78 is 1.58. The molecule has 0 aliphatic rings. The molecule has 6 nitrogen and oxygen atoms in total. The van der Waals surface area contributed by atoms with Crippen LogP contribution in [0.1, 0.15) is 33.3 Å². The van der Waals surface area contributed by atoms with Crippen molar-refractivity contribution in [3.05, 3.63) is 34.4 Å². The van der Waals surface area contributed by atoms with E-state index in [9.17, 15) is 4.79 Å². The quantitative estimate of drug-likeness (QED) is 0.884. The molecule has 0 aliphatic carbocycles. The van der Waals surface area contributed by atoms with Gasteiger partial charge in [0.2, 0.25) is 0 Å². The van der Waals surface area contributed by atoms with E-state index in [-0.39, 0.29) is 11.2 Å². The van der Waals surface area contributed by atoms with Crippen molar-refractivity contribution >= 4 is 11.8 Å². The molecule has 0 atom stereocenters. The highest BCUT2D eigenvalue weighted by atomic mass is 32.2. The van der Waals surface area contributed by atoms with Crippen molar-refractivity contribution in [3.63, 3.8) is 0 Å². The largest absolute Gasteiger partial charge is 0.343 e. The molecule has 0 bridgehead atoms. The predicted octanol–water partition coefficient (Wildman–Crippen LogP) is 2.03. The SMILES string of the molecule is CCn1c(Sc2ccc(CNC(C)(C)C)cn2)n[nH]c1=O. The van der Waals surface area contributed by atoms with Crippen molar-refractivity contribution < 1.29 is 0 Å². The van der Waals surface area contributed by atoms with E-state index in [1.165, 1.54) is 11.8 Å². The number of aromatic nitrogens is 4. The zero-order valence-electron chi connectivity index (χ0n) is 12.8. The van der Waals surface area contributed by atoms with Gasteiger partial charge in [-0.3, -0.25) is 4.57 Å². The van der Waals surface area contributed by atoms with Gasteiger partial charge in [-0.25, -0.2) is 14.9 Å². The molecule has 2 rings (SSSR count). The van der Waals surface area contributed by atoms with Gasteiger partial charge in [-0.15, -0.1) is 5.10 Å². The van der Waals surface area contributed by atoms with Crippen molar-refractivity contribution in [3.8, 4) is 0 Å². The van der Waals surface area contributed by atoms with Gasteiger partial charge in [0, 0.05) is 24.8 Å². The van der Waals surface area contributed by atoms with Crippen molar-refractivity contribution in [1.82, 2.24) is 25.1 Å². The lowest BCUT2D eigenvalue weighted by atomic mass is 10.1. The molecule has 0 unspecified atom stereocenters. The molecule has 7 heteroatoms. The standard InChI is InChI=1S/C14H21N5OS/c1-5-19-12(20)17-18-13(19)21-11-7-6-10(8-15-11)9-16-14(2,3)4/h6-8,16H,5,9H2,1-4H3,(H,17,20). The molecule has 0 radical (unpaired) electrons. The number of hydrogen-bond acceptors (Lipinski definition) is 5. The first-order valence-corrected chi connectivity index (χ1v) is 7.73. The lowest BCUT2D eigenvalue weighted by Gasteiger charge is -2.20. The molecule has 0 saturated heterocycles. The average Bonchev–Trinajstić information content (AvgIpc) is 2.77. The van der Waals surface area contributed by atoms with Crippen LogP contribution in [0.15, 0.2) is 33.3 Å². The Labute approximate surface area is 128 Å². The number of hydrogen-bond donors (Lipinski definition) is 2. The van der Waals surface area contributed by atoms with Crippen molar-refractivity contribution in [1.29, 1.82) is 0 Å². The van der Waals surface area contributed by atoms with Crippen LogP contribution in [0.4, 0.5) is 0 Å². The van der Waals surface area contributed by atoms with Crippen LogP contribution in [0.5, 0.6) is 0 Å². The molecule has 2 heterocycles. The molecule has 0 saturated carbocycles. The average molecular weight is 307 g/mol. The van der Waals surface area contributed by atoms with Crippen molar-refractivity contribution in [2.24, 2.45) is 0 Å². The van der Waals surface area contributed by atoms with Crippen LogP contribution in [-0.4, -0.2) is 25.3 Å². The summed E-state index contributed by atoms with van der Waals surface area (Å²) in [6.45, 7) is 9.68. The third-order valence-electron chi connectivity index (χ3n) is 2.86. The summed E-state index contributed by atoms with van der Waals surface area (Å²) in [6.07, 6.45) is 1.85. The van der Waals surface area contributed by atoms with E-state index >= 15 is 0 Å². The molecule has 0 fully saturated rings. The van der Waals surface area contributed by atoms with E-state index in [2.05, 4.69) is 41.3 Å². The highest BCUT2D eigenvalue weighted by Crippen LogP contribution is 2.22. The van der Waals surface area contributed by atoms with Crippen LogP contribution in [0.2, 0.25) is 0 Å². The summed E-state index contributed by atoms with van der Waals surface area (Å²) >= 11 is 1.38. The van der Waals surface area contributed by atoms with E-state index in [0.29, 0.717) is 11.7 Å². The van der Waals surface area contributed by atoms with E-state index in [1.807, 2.05) is 25.3 Å². The second-order valence-electron chi connectivity index (χ2n) is 5.77. The maximum Gasteiger partial charge on any atom is 0.343 e. The Bertz CT molecular complexity index is 639. The minimum atomic E-state index is -0.189. The lowest BCUT2D eigenvalue weighted by molar-refractivity contribution is 0.424. The minimum Gasteiger partial charge on any atom is -0.308 e. The first-order chi connectivity index (χ1) is 9.89. The topological polar surface area (TPSA) is 75.6 Å². The molecule has 2 aromatic heterocycles. The van der Waals surface area contributed by atoms with Gasteiger partial charge in [0.05, 0.1) is 0 Å². The van der Waals surface area contributed by atoms with E-state index in [4.69, 9.17) is 0 Å². The summed E-state index contributed by atoms with van der Waals surface area (Å²) in [5.41, 5.74) is 1.02. The third kappa shape index (κ3) is 4.44. The smallest absolute Gasteiger partial charge is 0.308 e. The summed E-state index contributed by atoms with van der Waals surface area (Å²) in [5, 5.41) is 11.3. The molecular formula is C14H21N5OS. The van der Waals surface area contributed by atoms with Crippen LogP contribution in [0.25, 0.3) is 0 Å². The fraction of sp³-hybridized carbons (Fsp3) is 0.500. The number of rotatable bonds is 5. The Balaban J connectivity index is 2.04. The zero-order valence-corrected chi connectivity index (χ0v) is 13.6. The molecule has 0 spiro atoms. The summed E-state index contributed by atoms with van der Waals surface area (Å²) in [6, 6.07) is 3.98. The minimum absolute atomic E-state index is 0.0830. The second kappa shape index (κ2) is 6.44. The first-order valence-electron chi connectivity index (χ1n) is 6.92. The van der Waals surface area contributed by atoms with Gasteiger partial charge in [0.1, 0.15) is 5.03 Å². The second-order valence-corrected chi connectivity index (χ2v) is 6.75. The monoisotopic (exact) mass is 307 g/mol. The third-order valence-corrected chi connectivity index (χ3v) is 3.80. The normalized spacial score (nSPS) is 11.8. The van der Waals surface area contributed by atoms with Gasteiger partial charge in [0.15, 0.2) is 5.16 Å². The maximum absolute atomic E-state index is 11.5. The summed E-state index contributed by atoms with van der Waals surface area (Å²) in [5.74, 6) is 0. The molecule has 21 heavy (non-hydrogen) atoms. The van der Waals surface area contributed by atoms with Crippen LogP contribution in [-0.2, 0) is 13.1 Å². The van der Waals surface area contributed by atoms with E-state index in [0.717, 1.165) is 17.1 Å². The van der Waals surface area contributed by atoms with Crippen LogP contribution in [0.3, 0.4) is 0 Å². The molecule has 0 aliphatic heterocycles. The highest BCUT2D eigenvalue weighted by Gasteiger charge is 2.10. The molecule has 2 N–H and O–H groups in total. The van der Waals surface area contributed by atoms with E-state index < -0.39 is 0 Å². The Morgan fingerprint density at radius 2 is 2.14 bits per heavy atom. The van der Waals surface area contributed by atoms with Gasteiger partial charge in [0.25, 0.3) is 0 Å². The van der Waals surface area contributed by atoms with Gasteiger partial charge < -0.3 is 5.32 Å². The van der Waals surface area contributed by atoms with Gasteiger partial charge >= 0.3 is 5.69 Å². The molecule has 0 aromatic carbocycles. The van der Waals surface area contributed by atoms with E-state index in [1.54, 1.807) is 4.57 Å². The highest BCUT2D eigenvalue weighted by molar-refractivity contribution is 7.99. The van der Waals surface area contributed by atoms with Crippen molar-refractivity contribution in [2.75, 3.05) is 0 Å². The Kier molecular flexibility index (Phi) is 4.84. The number of H-pyrrole nitrogens is 1. The fourth-order valence-electron chi connectivity index (χ4n) is 1.70. The molecule has 0 amide bonds. The van der Waals surface area contributed by atoms with Crippen LogP contribution < -0.4 is 11.0 Å². The van der Waals surface area contributed by atoms with Gasteiger partial charge in [-0.2, -0.15) is 0 Å². The Morgan fingerprint density at radius 3 is 2.71 bits per heavy atom. The predicted molar refractivity (Wildman–Crippen MR) is 83.5 cm³/mol. The fourth-order valence-corrected chi connectivity index (χ4v) is 2.54. The van der Waals surface area contributed by atoms with Gasteiger partial charge in [-0.05, 0) is 51.1 Å². The summed E-state index contributed by atoms with van der Waals surface area (Å²) in [4.78, 5) is 15.9. The number of nitrogens with zero attached hydrogens (tertiary/aromatic N) is 3. The number of pyridine rings is 1. The number of nitrogens with one attached hydrogen (secondary N) is 2. The molecule has 114 valence electrons. The molecule has 2 aromatic rings. The van der Waals surface area contributed by atoms with Crippen molar-refractivity contribution in [2.45, 2.75) is 56.5 Å². The Morgan fingerprint density at radius 1 is 1.38 bits per heavy atom. The van der Waals surface area contributed by atoms with Crippen LogP contribution in [0, 0.1) is 0 Å². The Hall–Kier alpha value is -1.60. The maximum atomic E-state index is 11.5. The number of aromatic amines is 1. The molecular weight excluding hydrogens is 286 g/mol. The lowest BCUT2D eigenvalue weighted by Crippen LogP contribution is -2.35. The zero-order chi connectivity index (χ0) is 15.5. The first kappa shape index (κ1) is 15.8. The summed E-state index contributed by atoms with van der Waals surface area (Å²) in [7, 11) is 0. The van der Waals surface area contributed by atoms with Gasteiger partial charge in [-0.1, -0.05) is 6.07 Å².